The first kappa shape index (κ1) is 12.5. The van der Waals surface area contributed by atoms with Crippen molar-refractivity contribution in [2.45, 2.75) is 26.3 Å². The standard InChI is InChI=1S/C14H20N4/c1-10(2)7-14(18-6-5-17-9-18)11-3-4-12(15)13(16)8-11/h3-6,8-10,14H,7,15-16H2,1-2H3. The molecule has 1 heterocycles. The summed E-state index contributed by atoms with van der Waals surface area (Å²) in [7, 11) is 0. The fourth-order valence-electron chi connectivity index (χ4n) is 2.13. The van der Waals surface area contributed by atoms with Gasteiger partial charge in [-0.15, -0.1) is 0 Å². The van der Waals surface area contributed by atoms with Gasteiger partial charge in [0, 0.05) is 12.4 Å². The summed E-state index contributed by atoms with van der Waals surface area (Å²) in [6.07, 6.45) is 6.67. The molecule has 0 spiro atoms. The van der Waals surface area contributed by atoms with E-state index in [2.05, 4.69) is 23.4 Å². The molecule has 4 nitrogen and oxygen atoms in total. The lowest BCUT2D eigenvalue weighted by Gasteiger charge is -2.21. The van der Waals surface area contributed by atoms with Gasteiger partial charge in [-0.1, -0.05) is 19.9 Å². The average molecular weight is 244 g/mol. The van der Waals surface area contributed by atoms with Crippen LogP contribution in [0.4, 0.5) is 11.4 Å². The third-order valence-electron chi connectivity index (χ3n) is 3.08. The molecule has 0 bridgehead atoms. The Kier molecular flexibility index (Phi) is 3.55. The highest BCUT2D eigenvalue weighted by atomic mass is 15.0. The maximum Gasteiger partial charge on any atom is 0.0951 e. The number of anilines is 2. The van der Waals surface area contributed by atoms with E-state index in [-0.39, 0.29) is 6.04 Å². The Morgan fingerprint density at radius 2 is 2.00 bits per heavy atom. The zero-order chi connectivity index (χ0) is 13.1. The molecule has 2 aromatic rings. The van der Waals surface area contributed by atoms with E-state index >= 15 is 0 Å². The molecule has 4 N–H and O–H groups in total. The lowest BCUT2D eigenvalue weighted by atomic mass is 9.96. The van der Waals surface area contributed by atoms with Gasteiger partial charge in [-0.3, -0.25) is 0 Å². The Morgan fingerprint density at radius 3 is 2.56 bits per heavy atom. The Morgan fingerprint density at radius 1 is 1.22 bits per heavy atom. The van der Waals surface area contributed by atoms with Crippen LogP contribution in [-0.2, 0) is 0 Å². The Balaban J connectivity index is 2.36. The van der Waals surface area contributed by atoms with Crippen molar-refractivity contribution in [3.8, 4) is 0 Å². The number of nitrogen functional groups attached to an aromatic ring is 2. The summed E-state index contributed by atoms with van der Waals surface area (Å²) in [5.41, 5.74) is 14.1. The average Bonchev–Trinajstić information content (AvgIpc) is 2.83. The van der Waals surface area contributed by atoms with Crippen LogP contribution in [0.5, 0.6) is 0 Å². The molecule has 0 aliphatic rings. The van der Waals surface area contributed by atoms with Gasteiger partial charge >= 0.3 is 0 Å². The molecule has 0 saturated heterocycles. The molecule has 4 heteroatoms. The van der Waals surface area contributed by atoms with Crippen LogP contribution < -0.4 is 11.5 Å². The number of nitrogens with zero attached hydrogens (tertiary/aromatic N) is 2. The number of benzene rings is 1. The third-order valence-corrected chi connectivity index (χ3v) is 3.08. The SMILES string of the molecule is CC(C)CC(c1ccc(N)c(N)c1)n1ccnc1. The molecular weight excluding hydrogens is 224 g/mol. The smallest absolute Gasteiger partial charge is 0.0951 e. The van der Waals surface area contributed by atoms with E-state index in [4.69, 9.17) is 11.5 Å². The van der Waals surface area contributed by atoms with Crippen LogP contribution in [0, 0.1) is 5.92 Å². The summed E-state index contributed by atoms with van der Waals surface area (Å²) >= 11 is 0. The van der Waals surface area contributed by atoms with Gasteiger partial charge in [0.15, 0.2) is 0 Å². The molecule has 1 atom stereocenters. The number of rotatable bonds is 4. The van der Waals surface area contributed by atoms with Crippen molar-refractivity contribution < 1.29 is 0 Å². The van der Waals surface area contributed by atoms with Gasteiger partial charge in [-0.05, 0) is 30.0 Å². The van der Waals surface area contributed by atoms with Crippen LogP contribution in [0.2, 0.25) is 0 Å². The first-order chi connectivity index (χ1) is 8.58. The fraction of sp³-hybridized carbons (Fsp3) is 0.357. The van der Waals surface area contributed by atoms with Crippen LogP contribution >= 0.6 is 0 Å². The molecule has 18 heavy (non-hydrogen) atoms. The van der Waals surface area contributed by atoms with Crippen molar-refractivity contribution in [1.29, 1.82) is 0 Å². The molecule has 1 unspecified atom stereocenters. The second-order valence-electron chi connectivity index (χ2n) is 5.04. The Bertz CT molecular complexity index is 503. The molecule has 1 aromatic carbocycles. The normalized spacial score (nSPS) is 12.8. The second-order valence-corrected chi connectivity index (χ2v) is 5.04. The summed E-state index contributed by atoms with van der Waals surface area (Å²) in [6, 6.07) is 6.13. The number of hydrogen-bond acceptors (Lipinski definition) is 3. The number of hydrogen-bond donors (Lipinski definition) is 2. The molecule has 0 fully saturated rings. The molecule has 0 aliphatic heterocycles. The monoisotopic (exact) mass is 244 g/mol. The Labute approximate surface area is 108 Å². The van der Waals surface area contributed by atoms with Crippen LogP contribution in [-0.4, -0.2) is 9.55 Å². The summed E-state index contributed by atoms with van der Waals surface area (Å²) < 4.78 is 2.12. The first-order valence-electron chi connectivity index (χ1n) is 6.20. The van der Waals surface area contributed by atoms with E-state index in [0.717, 1.165) is 6.42 Å². The Hall–Kier alpha value is -1.97. The van der Waals surface area contributed by atoms with Crippen molar-refractivity contribution >= 4 is 11.4 Å². The van der Waals surface area contributed by atoms with Crippen LogP contribution in [0.25, 0.3) is 0 Å². The van der Waals surface area contributed by atoms with Crippen LogP contribution in [0.3, 0.4) is 0 Å². The summed E-state index contributed by atoms with van der Waals surface area (Å²) in [4.78, 5) is 4.12. The molecule has 0 radical (unpaired) electrons. The highest BCUT2D eigenvalue weighted by molar-refractivity contribution is 5.64. The predicted octanol–water partition coefficient (Wildman–Crippen LogP) is 2.68. The minimum atomic E-state index is 0.260. The zero-order valence-electron chi connectivity index (χ0n) is 10.9. The van der Waals surface area contributed by atoms with Gasteiger partial charge < -0.3 is 16.0 Å². The predicted molar refractivity (Wildman–Crippen MR) is 75.1 cm³/mol. The van der Waals surface area contributed by atoms with E-state index in [1.807, 2.05) is 30.7 Å². The van der Waals surface area contributed by atoms with Crippen molar-refractivity contribution in [1.82, 2.24) is 9.55 Å². The summed E-state index contributed by atoms with van der Waals surface area (Å²) in [5, 5.41) is 0. The van der Waals surface area contributed by atoms with Crippen molar-refractivity contribution in [3.05, 3.63) is 42.5 Å². The molecule has 1 aromatic heterocycles. The van der Waals surface area contributed by atoms with E-state index < -0.39 is 0 Å². The maximum absolute atomic E-state index is 5.89. The molecule has 2 rings (SSSR count). The molecule has 0 saturated carbocycles. The van der Waals surface area contributed by atoms with E-state index in [9.17, 15) is 0 Å². The van der Waals surface area contributed by atoms with Crippen molar-refractivity contribution in [2.75, 3.05) is 11.5 Å². The van der Waals surface area contributed by atoms with Gasteiger partial charge in [0.2, 0.25) is 0 Å². The van der Waals surface area contributed by atoms with Gasteiger partial charge in [0.1, 0.15) is 0 Å². The highest BCUT2D eigenvalue weighted by Crippen LogP contribution is 2.28. The second kappa shape index (κ2) is 5.12. The van der Waals surface area contributed by atoms with Crippen molar-refractivity contribution in [3.63, 3.8) is 0 Å². The van der Waals surface area contributed by atoms with Gasteiger partial charge in [-0.2, -0.15) is 0 Å². The molecule has 96 valence electrons. The van der Waals surface area contributed by atoms with Gasteiger partial charge in [0.25, 0.3) is 0 Å². The topological polar surface area (TPSA) is 69.9 Å². The molecular formula is C14H20N4. The number of nitrogens with two attached hydrogens (primary N) is 2. The fourth-order valence-corrected chi connectivity index (χ4v) is 2.13. The van der Waals surface area contributed by atoms with E-state index in [1.165, 1.54) is 5.56 Å². The van der Waals surface area contributed by atoms with Crippen LogP contribution in [0.15, 0.2) is 36.9 Å². The highest BCUT2D eigenvalue weighted by Gasteiger charge is 2.15. The summed E-state index contributed by atoms with van der Waals surface area (Å²) in [6.45, 7) is 4.43. The van der Waals surface area contributed by atoms with Gasteiger partial charge in [0.05, 0.1) is 23.7 Å². The molecule has 0 aliphatic carbocycles. The zero-order valence-corrected chi connectivity index (χ0v) is 10.9. The minimum Gasteiger partial charge on any atom is -0.397 e. The number of imidazole rings is 1. The third kappa shape index (κ3) is 2.64. The van der Waals surface area contributed by atoms with E-state index in [0.29, 0.717) is 17.3 Å². The quantitative estimate of drug-likeness (QED) is 0.812. The lowest BCUT2D eigenvalue weighted by Crippen LogP contribution is -2.12. The lowest BCUT2D eigenvalue weighted by molar-refractivity contribution is 0.451. The first-order valence-corrected chi connectivity index (χ1v) is 6.20. The number of aromatic nitrogens is 2. The largest absolute Gasteiger partial charge is 0.397 e. The maximum atomic E-state index is 5.89. The summed E-state index contributed by atoms with van der Waals surface area (Å²) in [5.74, 6) is 0.594. The van der Waals surface area contributed by atoms with Gasteiger partial charge in [-0.25, -0.2) is 4.98 Å². The van der Waals surface area contributed by atoms with Crippen LogP contribution in [0.1, 0.15) is 31.9 Å². The van der Waals surface area contributed by atoms with Crippen molar-refractivity contribution in [2.24, 2.45) is 5.92 Å². The molecule has 0 amide bonds. The van der Waals surface area contributed by atoms with E-state index in [1.54, 1.807) is 6.20 Å². The minimum absolute atomic E-state index is 0.260.